The van der Waals surface area contributed by atoms with Gasteiger partial charge in [-0.15, -0.1) is 0 Å². The molecule has 2 aromatic rings. The summed E-state index contributed by atoms with van der Waals surface area (Å²) in [4.78, 5) is 0. The molecule has 1 atom stereocenters. The van der Waals surface area contributed by atoms with Crippen LogP contribution in [-0.4, -0.2) is 12.4 Å². The smallest absolute Gasteiger partial charge is 0.227 e. The summed E-state index contributed by atoms with van der Waals surface area (Å²) < 4.78 is 11.9. The lowest BCUT2D eigenvalue weighted by atomic mass is 9.99. The minimum atomic E-state index is -0.402. The maximum Gasteiger partial charge on any atom is 0.227 e. The molecule has 0 fully saturated rings. The predicted molar refractivity (Wildman–Crippen MR) is 86.4 cm³/mol. The van der Waals surface area contributed by atoms with Gasteiger partial charge in [0.15, 0.2) is 0 Å². The average molecular weight is 301 g/mol. The van der Waals surface area contributed by atoms with Gasteiger partial charge < -0.3 is 9.47 Å². The van der Waals surface area contributed by atoms with Crippen LogP contribution in [0.2, 0.25) is 5.02 Å². The number of fused-ring (bicyclic) bond motifs is 1. The Labute approximate surface area is 130 Å². The average Bonchev–Trinajstić information content (AvgIpc) is 2.47. The Morgan fingerprint density at radius 3 is 2.57 bits per heavy atom. The van der Waals surface area contributed by atoms with Crippen LogP contribution < -0.4 is 4.74 Å². The molecule has 0 radical (unpaired) electrons. The molecular formula is C18H17ClO2. The maximum atomic E-state index is 6.08. The molecule has 1 unspecified atom stereocenters. The van der Waals surface area contributed by atoms with E-state index < -0.39 is 6.29 Å². The van der Waals surface area contributed by atoms with Crippen molar-refractivity contribution in [2.45, 2.75) is 26.2 Å². The molecule has 108 valence electrons. The van der Waals surface area contributed by atoms with Crippen LogP contribution in [0, 0.1) is 0 Å². The lowest BCUT2D eigenvalue weighted by Gasteiger charge is -2.29. The van der Waals surface area contributed by atoms with Gasteiger partial charge in [-0.1, -0.05) is 41.9 Å². The van der Waals surface area contributed by atoms with Crippen LogP contribution in [0.1, 0.15) is 25.0 Å². The highest BCUT2D eigenvalue weighted by molar-refractivity contribution is 6.30. The molecule has 0 saturated heterocycles. The minimum absolute atomic E-state index is 0.0796. The van der Waals surface area contributed by atoms with E-state index >= 15 is 0 Å². The molecule has 0 saturated carbocycles. The quantitative estimate of drug-likeness (QED) is 0.792. The van der Waals surface area contributed by atoms with E-state index in [2.05, 4.69) is 18.2 Å². The van der Waals surface area contributed by atoms with E-state index in [4.69, 9.17) is 21.1 Å². The standard InChI is InChI=1S/C18H17ClO2/c1-12(2)20-18-16(13-6-4-3-5-7-13)11-14-10-15(19)8-9-17(14)21-18/h3-12,18H,1-2H3. The molecule has 0 aliphatic carbocycles. The van der Waals surface area contributed by atoms with Crippen molar-refractivity contribution < 1.29 is 9.47 Å². The fourth-order valence-electron chi connectivity index (χ4n) is 2.35. The van der Waals surface area contributed by atoms with E-state index in [1.807, 2.05) is 50.2 Å². The highest BCUT2D eigenvalue weighted by Crippen LogP contribution is 2.36. The summed E-state index contributed by atoms with van der Waals surface area (Å²) in [6.45, 7) is 4.01. The van der Waals surface area contributed by atoms with Crippen LogP contribution in [-0.2, 0) is 4.74 Å². The van der Waals surface area contributed by atoms with E-state index in [0.717, 1.165) is 22.4 Å². The third-order valence-corrected chi connectivity index (χ3v) is 3.51. The molecule has 1 heterocycles. The summed E-state index contributed by atoms with van der Waals surface area (Å²) in [5.74, 6) is 0.796. The third kappa shape index (κ3) is 3.12. The van der Waals surface area contributed by atoms with Crippen molar-refractivity contribution in [1.29, 1.82) is 0 Å². The summed E-state index contributed by atoms with van der Waals surface area (Å²) >= 11 is 6.08. The predicted octanol–water partition coefficient (Wildman–Crippen LogP) is 5.02. The first-order chi connectivity index (χ1) is 10.1. The first-order valence-corrected chi connectivity index (χ1v) is 7.40. The molecule has 0 N–H and O–H groups in total. The van der Waals surface area contributed by atoms with E-state index in [9.17, 15) is 0 Å². The van der Waals surface area contributed by atoms with Gasteiger partial charge in [-0.3, -0.25) is 0 Å². The largest absolute Gasteiger partial charge is 0.460 e. The Morgan fingerprint density at radius 2 is 1.86 bits per heavy atom. The van der Waals surface area contributed by atoms with Gasteiger partial charge in [0.05, 0.1) is 6.10 Å². The number of ether oxygens (including phenoxy) is 2. The van der Waals surface area contributed by atoms with Crippen LogP contribution in [0.5, 0.6) is 5.75 Å². The summed E-state index contributed by atoms with van der Waals surface area (Å²) in [5.41, 5.74) is 3.08. The first-order valence-electron chi connectivity index (χ1n) is 7.02. The molecule has 1 aliphatic heterocycles. The van der Waals surface area contributed by atoms with Crippen LogP contribution >= 0.6 is 11.6 Å². The van der Waals surface area contributed by atoms with Crippen molar-refractivity contribution in [2.75, 3.05) is 0 Å². The Balaban J connectivity index is 2.06. The molecule has 0 amide bonds. The zero-order valence-corrected chi connectivity index (χ0v) is 12.8. The summed E-state index contributed by atoms with van der Waals surface area (Å²) in [6.07, 6.45) is 1.77. The molecule has 21 heavy (non-hydrogen) atoms. The molecule has 3 rings (SSSR count). The second-order valence-corrected chi connectivity index (χ2v) is 5.72. The van der Waals surface area contributed by atoms with Gasteiger partial charge in [-0.2, -0.15) is 0 Å². The second kappa shape index (κ2) is 5.92. The van der Waals surface area contributed by atoms with Gasteiger partial charge in [-0.25, -0.2) is 0 Å². The second-order valence-electron chi connectivity index (χ2n) is 5.28. The zero-order valence-electron chi connectivity index (χ0n) is 12.0. The molecule has 0 aromatic heterocycles. The van der Waals surface area contributed by atoms with Crippen LogP contribution in [0.15, 0.2) is 48.5 Å². The highest BCUT2D eigenvalue weighted by atomic mass is 35.5. The number of halogens is 1. The van der Waals surface area contributed by atoms with Gasteiger partial charge in [-0.05, 0) is 43.7 Å². The van der Waals surface area contributed by atoms with Crippen molar-refractivity contribution in [2.24, 2.45) is 0 Å². The molecule has 2 aromatic carbocycles. The number of rotatable bonds is 3. The van der Waals surface area contributed by atoms with Gasteiger partial charge in [0.2, 0.25) is 6.29 Å². The number of hydrogen-bond acceptors (Lipinski definition) is 2. The minimum Gasteiger partial charge on any atom is -0.460 e. The fraction of sp³-hybridized carbons (Fsp3) is 0.222. The summed E-state index contributed by atoms with van der Waals surface area (Å²) in [7, 11) is 0. The van der Waals surface area contributed by atoms with Crippen molar-refractivity contribution in [3.63, 3.8) is 0 Å². The van der Waals surface area contributed by atoms with Gasteiger partial charge in [0, 0.05) is 16.2 Å². The Morgan fingerprint density at radius 1 is 1.10 bits per heavy atom. The number of hydrogen-bond donors (Lipinski definition) is 0. The normalized spacial score (nSPS) is 17.1. The molecule has 3 heteroatoms. The van der Waals surface area contributed by atoms with Crippen LogP contribution in [0.4, 0.5) is 0 Å². The summed E-state index contributed by atoms with van der Waals surface area (Å²) in [5, 5.41) is 0.698. The number of benzene rings is 2. The van der Waals surface area contributed by atoms with Crippen molar-refractivity contribution >= 4 is 23.3 Å². The SMILES string of the molecule is CC(C)OC1Oc2ccc(Cl)cc2C=C1c1ccccc1. The molecular weight excluding hydrogens is 284 g/mol. The third-order valence-electron chi connectivity index (χ3n) is 3.27. The lowest BCUT2D eigenvalue weighted by molar-refractivity contribution is -0.0702. The first kappa shape index (κ1) is 14.2. The molecule has 2 nitrogen and oxygen atoms in total. The molecule has 0 bridgehead atoms. The Kier molecular flexibility index (Phi) is 4.00. The Bertz CT molecular complexity index is 662. The highest BCUT2D eigenvalue weighted by Gasteiger charge is 2.25. The van der Waals surface area contributed by atoms with E-state index in [-0.39, 0.29) is 6.10 Å². The van der Waals surface area contributed by atoms with Crippen molar-refractivity contribution in [3.05, 3.63) is 64.7 Å². The monoisotopic (exact) mass is 300 g/mol. The van der Waals surface area contributed by atoms with Crippen molar-refractivity contribution in [1.82, 2.24) is 0 Å². The lowest BCUT2D eigenvalue weighted by Crippen LogP contribution is -2.28. The van der Waals surface area contributed by atoms with Crippen LogP contribution in [0.3, 0.4) is 0 Å². The molecule has 1 aliphatic rings. The van der Waals surface area contributed by atoms with Gasteiger partial charge in [0.25, 0.3) is 0 Å². The summed E-state index contributed by atoms with van der Waals surface area (Å²) in [6, 6.07) is 15.7. The fourth-order valence-corrected chi connectivity index (χ4v) is 2.53. The zero-order chi connectivity index (χ0) is 14.8. The van der Waals surface area contributed by atoms with Crippen LogP contribution in [0.25, 0.3) is 11.6 Å². The topological polar surface area (TPSA) is 18.5 Å². The molecule has 0 spiro atoms. The van der Waals surface area contributed by atoms with E-state index in [1.54, 1.807) is 0 Å². The van der Waals surface area contributed by atoms with Gasteiger partial charge >= 0.3 is 0 Å². The van der Waals surface area contributed by atoms with E-state index in [1.165, 1.54) is 0 Å². The van der Waals surface area contributed by atoms with E-state index in [0.29, 0.717) is 5.02 Å². The van der Waals surface area contributed by atoms with Crippen molar-refractivity contribution in [3.8, 4) is 5.75 Å². The maximum absolute atomic E-state index is 6.08. The Hall–Kier alpha value is -1.77. The van der Waals surface area contributed by atoms with Gasteiger partial charge in [0.1, 0.15) is 5.75 Å².